The summed E-state index contributed by atoms with van der Waals surface area (Å²) in [7, 11) is 4.78. The zero-order valence-corrected chi connectivity index (χ0v) is 11.9. The highest BCUT2D eigenvalue weighted by atomic mass is 79.9. The number of alkyl halides is 2. The Morgan fingerprint density at radius 3 is 1.93 bits per heavy atom. The Balaban J connectivity index is 3.34. The summed E-state index contributed by atoms with van der Waals surface area (Å²) >= 11 is 6.85. The summed E-state index contributed by atoms with van der Waals surface area (Å²) in [5.74, 6) is 1.91. The van der Waals surface area contributed by atoms with E-state index in [9.17, 15) is 0 Å². The minimum atomic E-state index is 0.0137. The van der Waals surface area contributed by atoms with Crippen LogP contribution in [0.5, 0.6) is 17.2 Å². The van der Waals surface area contributed by atoms with Gasteiger partial charge in [0.2, 0.25) is 5.75 Å². The van der Waals surface area contributed by atoms with Crippen LogP contribution in [0, 0.1) is 0 Å². The molecule has 0 aromatic heterocycles. The molecule has 3 nitrogen and oxygen atoms in total. The van der Waals surface area contributed by atoms with Crippen molar-refractivity contribution in [2.24, 2.45) is 0 Å². The second-order valence-corrected chi connectivity index (χ2v) is 5.78. The van der Waals surface area contributed by atoms with Gasteiger partial charge in [0.1, 0.15) is 0 Å². The maximum Gasteiger partial charge on any atom is 0.203 e. The molecule has 0 aliphatic carbocycles. The van der Waals surface area contributed by atoms with E-state index in [1.807, 2.05) is 12.1 Å². The number of hydrogen-bond donors (Lipinski definition) is 0. The fourth-order valence-corrected chi connectivity index (χ4v) is 2.02. The number of rotatable bonds is 4. The van der Waals surface area contributed by atoms with Gasteiger partial charge in [0.25, 0.3) is 0 Å². The molecule has 0 radical (unpaired) electrons. The van der Waals surface area contributed by atoms with Gasteiger partial charge in [0.05, 0.1) is 25.1 Å². The second kappa shape index (κ2) is 5.61. The van der Waals surface area contributed by atoms with Crippen molar-refractivity contribution in [3.8, 4) is 17.2 Å². The van der Waals surface area contributed by atoms with Crippen LogP contribution >= 0.6 is 31.9 Å². The monoisotopic (exact) mass is 338 g/mol. The Hall–Kier alpha value is -0.420. The summed E-state index contributed by atoms with van der Waals surface area (Å²) < 4.78 is 15.8. The van der Waals surface area contributed by atoms with E-state index >= 15 is 0 Å². The minimum absolute atomic E-state index is 0.0137. The number of hydrogen-bond acceptors (Lipinski definition) is 3. The van der Waals surface area contributed by atoms with Crippen LogP contribution in [0.25, 0.3) is 0 Å². The summed E-state index contributed by atoms with van der Waals surface area (Å²) in [5, 5.41) is 0. The number of benzene rings is 1. The van der Waals surface area contributed by atoms with Crippen molar-refractivity contribution in [3.63, 3.8) is 0 Å². The molecule has 15 heavy (non-hydrogen) atoms. The van der Waals surface area contributed by atoms with E-state index in [1.165, 1.54) is 0 Å². The van der Waals surface area contributed by atoms with Crippen LogP contribution in [0.2, 0.25) is 0 Å². The summed E-state index contributed by atoms with van der Waals surface area (Å²) in [6.45, 7) is 0. The normalized spacial score (nSPS) is 10.3. The molecule has 1 aromatic rings. The zero-order chi connectivity index (χ0) is 11.4. The Morgan fingerprint density at radius 2 is 1.53 bits per heavy atom. The predicted molar refractivity (Wildman–Crippen MR) is 66.7 cm³/mol. The van der Waals surface area contributed by atoms with E-state index in [-0.39, 0.29) is 3.74 Å². The van der Waals surface area contributed by atoms with E-state index in [1.54, 1.807) is 21.3 Å². The highest BCUT2D eigenvalue weighted by molar-refractivity contribution is 9.24. The van der Waals surface area contributed by atoms with Crippen LogP contribution in [-0.4, -0.2) is 21.3 Å². The highest BCUT2D eigenvalue weighted by Crippen LogP contribution is 2.45. The average molecular weight is 340 g/mol. The van der Waals surface area contributed by atoms with Gasteiger partial charge in [0.15, 0.2) is 11.5 Å². The molecule has 0 saturated carbocycles. The highest BCUT2D eigenvalue weighted by Gasteiger charge is 2.18. The van der Waals surface area contributed by atoms with Gasteiger partial charge in [-0.1, -0.05) is 31.9 Å². The van der Waals surface area contributed by atoms with Gasteiger partial charge in [-0.15, -0.1) is 0 Å². The van der Waals surface area contributed by atoms with Gasteiger partial charge in [0, 0.05) is 5.56 Å². The van der Waals surface area contributed by atoms with Crippen molar-refractivity contribution < 1.29 is 14.2 Å². The van der Waals surface area contributed by atoms with Crippen molar-refractivity contribution in [1.29, 1.82) is 0 Å². The van der Waals surface area contributed by atoms with E-state index < -0.39 is 0 Å². The fourth-order valence-electron chi connectivity index (χ4n) is 1.30. The van der Waals surface area contributed by atoms with Crippen LogP contribution in [0.1, 0.15) is 9.30 Å². The number of halogens is 2. The van der Waals surface area contributed by atoms with Gasteiger partial charge in [-0.3, -0.25) is 0 Å². The molecule has 0 aliphatic rings. The molecule has 0 unspecified atom stereocenters. The molecular formula is C10H12Br2O3. The number of ether oxygens (including phenoxy) is 3. The fraction of sp³-hybridized carbons (Fsp3) is 0.400. The van der Waals surface area contributed by atoms with Crippen LogP contribution in [-0.2, 0) is 0 Å². The third-order valence-corrected chi connectivity index (χ3v) is 2.96. The Labute approximate surface area is 106 Å². The molecule has 0 bridgehead atoms. The largest absolute Gasteiger partial charge is 0.493 e. The topological polar surface area (TPSA) is 27.7 Å². The molecule has 5 heteroatoms. The molecule has 0 saturated heterocycles. The summed E-state index contributed by atoms with van der Waals surface area (Å²) in [5.41, 5.74) is 0.954. The lowest BCUT2D eigenvalue weighted by Gasteiger charge is -2.16. The molecule has 84 valence electrons. The first-order valence-corrected chi connectivity index (χ1v) is 6.05. The van der Waals surface area contributed by atoms with Crippen molar-refractivity contribution in [2.45, 2.75) is 3.74 Å². The van der Waals surface area contributed by atoms with Crippen molar-refractivity contribution in [2.75, 3.05) is 21.3 Å². The first kappa shape index (κ1) is 12.6. The Morgan fingerprint density at radius 1 is 0.933 bits per heavy atom. The van der Waals surface area contributed by atoms with E-state index in [0.29, 0.717) is 17.2 Å². The molecule has 0 amide bonds. The molecule has 0 fully saturated rings. The smallest absolute Gasteiger partial charge is 0.203 e. The van der Waals surface area contributed by atoms with E-state index in [0.717, 1.165) is 5.56 Å². The molecule has 1 aromatic carbocycles. The SMILES string of the molecule is COc1ccc(C(Br)Br)c(OC)c1OC. The van der Waals surface area contributed by atoms with Crippen LogP contribution in [0.15, 0.2) is 12.1 Å². The van der Waals surface area contributed by atoms with Crippen LogP contribution in [0.4, 0.5) is 0 Å². The Kier molecular flexibility index (Phi) is 4.73. The standard InChI is InChI=1S/C10H12Br2O3/c1-13-7-5-4-6(10(11)12)8(14-2)9(7)15-3/h4-5,10H,1-3H3. The second-order valence-electron chi connectivity index (χ2n) is 2.72. The van der Waals surface area contributed by atoms with Gasteiger partial charge >= 0.3 is 0 Å². The molecule has 0 spiro atoms. The predicted octanol–water partition coefficient (Wildman–Crippen LogP) is 3.50. The Bertz CT molecular complexity index is 340. The van der Waals surface area contributed by atoms with Crippen LogP contribution in [0.3, 0.4) is 0 Å². The minimum Gasteiger partial charge on any atom is -0.493 e. The van der Waals surface area contributed by atoms with Gasteiger partial charge in [-0.2, -0.15) is 0 Å². The molecule has 0 aliphatic heterocycles. The molecule has 0 heterocycles. The average Bonchev–Trinajstić information content (AvgIpc) is 2.26. The molecule has 0 atom stereocenters. The molecule has 0 N–H and O–H groups in total. The lowest BCUT2D eigenvalue weighted by atomic mass is 10.2. The maximum absolute atomic E-state index is 5.31. The van der Waals surface area contributed by atoms with Crippen LogP contribution < -0.4 is 14.2 Å². The summed E-state index contributed by atoms with van der Waals surface area (Å²) in [6, 6.07) is 3.75. The van der Waals surface area contributed by atoms with E-state index in [2.05, 4.69) is 31.9 Å². The zero-order valence-electron chi connectivity index (χ0n) is 8.71. The third kappa shape index (κ3) is 2.58. The maximum atomic E-state index is 5.31. The van der Waals surface area contributed by atoms with Crippen molar-refractivity contribution in [1.82, 2.24) is 0 Å². The molecular weight excluding hydrogens is 328 g/mol. The third-order valence-electron chi connectivity index (χ3n) is 1.97. The van der Waals surface area contributed by atoms with Crippen molar-refractivity contribution >= 4 is 31.9 Å². The lowest BCUT2D eigenvalue weighted by Crippen LogP contribution is -1.98. The quantitative estimate of drug-likeness (QED) is 0.786. The van der Waals surface area contributed by atoms with Gasteiger partial charge in [-0.25, -0.2) is 0 Å². The first-order valence-electron chi connectivity index (χ1n) is 4.22. The van der Waals surface area contributed by atoms with E-state index in [4.69, 9.17) is 14.2 Å². The first-order chi connectivity index (χ1) is 7.15. The van der Waals surface area contributed by atoms with Gasteiger partial charge < -0.3 is 14.2 Å². The lowest BCUT2D eigenvalue weighted by molar-refractivity contribution is 0.323. The van der Waals surface area contributed by atoms with Crippen molar-refractivity contribution in [3.05, 3.63) is 17.7 Å². The summed E-state index contributed by atoms with van der Waals surface area (Å²) in [6.07, 6.45) is 0. The van der Waals surface area contributed by atoms with Gasteiger partial charge in [-0.05, 0) is 12.1 Å². The molecule has 1 rings (SSSR count). The summed E-state index contributed by atoms with van der Waals surface area (Å²) in [4.78, 5) is 0. The number of methoxy groups -OCH3 is 3.